The number of aromatic amines is 1. The highest BCUT2D eigenvalue weighted by Gasteiger charge is 2.35. The molecule has 29 heavy (non-hydrogen) atoms. The van der Waals surface area contributed by atoms with Crippen molar-refractivity contribution in [3.8, 4) is 0 Å². The first-order valence-electron chi connectivity index (χ1n) is 9.52. The number of aromatic nitrogens is 2. The molecule has 2 fully saturated rings. The van der Waals surface area contributed by atoms with Crippen molar-refractivity contribution in [3.63, 3.8) is 0 Å². The fourth-order valence-electron chi connectivity index (χ4n) is 3.68. The Hall–Kier alpha value is -3.30. The number of carbonyl (C=O) groups excluding carboxylic acids is 2. The lowest BCUT2D eigenvalue weighted by molar-refractivity contribution is -0.119. The highest BCUT2D eigenvalue weighted by Crippen LogP contribution is 2.29. The molecule has 0 saturated carbocycles. The molecule has 2 aliphatic heterocycles. The molecule has 154 valence electrons. The average molecular weight is 402 g/mol. The number of H-pyrrole nitrogens is 1. The number of nitrogens with zero attached hydrogens (tertiary/aromatic N) is 4. The molecular formula is C19H23FN6O3. The van der Waals surface area contributed by atoms with Gasteiger partial charge in [-0.25, -0.2) is 14.2 Å². The molecule has 2 amide bonds. The minimum atomic E-state index is -0.542. The van der Waals surface area contributed by atoms with Gasteiger partial charge in [-0.05, 0) is 18.2 Å². The number of piperazine rings is 1. The molecule has 2 N–H and O–H groups in total. The van der Waals surface area contributed by atoms with Crippen LogP contribution in [0.3, 0.4) is 0 Å². The van der Waals surface area contributed by atoms with E-state index >= 15 is 0 Å². The molecule has 1 aromatic heterocycles. The van der Waals surface area contributed by atoms with Gasteiger partial charge in [-0.15, -0.1) is 0 Å². The van der Waals surface area contributed by atoms with Crippen LogP contribution >= 0.6 is 0 Å². The lowest BCUT2D eigenvalue weighted by Gasteiger charge is -2.36. The molecule has 0 bridgehead atoms. The standard InChI is InChI=1S/C19H23FN6O3/c1-13(27)23-11-15-12-29-19(28)26(15)14-2-3-17(16(20)10-14)24-6-8-25(9-7-24)18-21-4-5-22-18/h2-5,10,15H,6-9,11-12H2,1H3,(H,21,22)(H,23,27)/t15-/m0/s1. The Balaban J connectivity index is 1.45. The molecule has 2 saturated heterocycles. The van der Waals surface area contributed by atoms with Crippen LogP contribution < -0.4 is 20.0 Å². The number of benzene rings is 1. The van der Waals surface area contributed by atoms with E-state index in [0.29, 0.717) is 24.5 Å². The van der Waals surface area contributed by atoms with Crippen LogP contribution in [0.4, 0.5) is 26.5 Å². The second kappa shape index (κ2) is 7.98. The number of cyclic esters (lactones) is 1. The van der Waals surface area contributed by atoms with Gasteiger partial charge in [0.25, 0.3) is 0 Å². The van der Waals surface area contributed by atoms with E-state index in [1.807, 2.05) is 4.90 Å². The van der Waals surface area contributed by atoms with Gasteiger partial charge in [0, 0.05) is 52.0 Å². The molecule has 0 radical (unpaired) electrons. The Bertz CT molecular complexity index is 882. The van der Waals surface area contributed by atoms with Crippen molar-refractivity contribution < 1.29 is 18.7 Å². The molecule has 4 rings (SSSR count). The maximum Gasteiger partial charge on any atom is 0.414 e. The smallest absolute Gasteiger partial charge is 0.414 e. The average Bonchev–Trinajstić information content (AvgIpc) is 3.36. The van der Waals surface area contributed by atoms with Crippen molar-refractivity contribution in [1.29, 1.82) is 0 Å². The molecule has 3 heterocycles. The summed E-state index contributed by atoms with van der Waals surface area (Å²) in [7, 11) is 0. The van der Waals surface area contributed by atoms with Crippen molar-refractivity contribution >= 4 is 29.3 Å². The number of rotatable bonds is 5. The third-order valence-electron chi connectivity index (χ3n) is 5.16. The van der Waals surface area contributed by atoms with E-state index in [2.05, 4.69) is 20.2 Å². The number of hydrogen-bond acceptors (Lipinski definition) is 6. The van der Waals surface area contributed by atoms with Gasteiger partial charge in [0.05, 0.1) is 17.4 Å². The van der Waals surface area contributed by atoms with E-state index in [1.54, 1.807) is 24.5 Å². The largest absolute Gasteiger partial charge is 0.447 e. The van der Waals surface area contributed by atoms with Crippen LogP contribution in [0.2, 0.25) is 0 Å². The first-order valence-corrected chi connectivity index (χ1v) is 9.52. The summed E-state index contributed by atoms with van der Waals surface area (Å²) >= 11 is 0. The molecule has 0 aliphatic carbocycles. The predicted octanol–water partition coefficient (Wildman–Crippen LogP) is 1.34. The summed E-state index contributed by atoms with van der Waals surface area (Å²) in [4.78, 5) is 36.1. The Kier molecular flexibility index (Phi) is 5.24. The van der Waals surface area contributed by atoms with Crippen molar-refractivity contribution in [2.24, 2.45) is 0 Å². The first-order chi connectivity index (χ1) is 14.0. The Morgan fingerprint density at radius 2 is 2.07 bits per heavy atom. The predicted molar refractivity (Wildman–Crippen MR) is 106 cm³/mol. The maximum absolute atomic E-state index is 14.9. The van der Waals surface area contributed by atoms with E-state index < -0.39 is 11.9 Å². The van der Waals surface area contributed by atoms with E-state index in [9.17, 15) is 14.0 Å². The zero-order chi connectivity index (χ0) is 20.4. The van der Waals surface area contributed by atoms with Crippen LogP contribution in [-0.4, -0.2) is 67.3 Å². The zero-order valence-corrected chi connectivity index (χ0v) is 16.1. The minimum Gasteiger partial charge on any atom is -0.447 e. The highest BCUT2D eigenvalue weighted by molar-refractivity contribution is 5.90. The van der Waals surface area contributed by atoms with Gasteiger partial charge in [-0.2, -0.15) is 0 Å². The third kappa shape index (κ3) is 3.96. The van der Waals surface area contributed by atoms with Crippen LogP contribution in [0.1, 0.15) is 6.92 Å². The monoisotopic (exact) mass is 402 g/mol. The molecule has 1 aromatic carbocycles. The SMILES string of the molecule is CC(=O)NC[C@H]1COC(=O)N1c1ccc(N2CCN(c3ncc[nH]3)CC2)c(F)c1. The number of ether oxygens (including phenoxy) is 1. The lowest BCUT2D eigenvalue weighted by Crippen LogP contribution is -2.47. The quantitative estimate of drug-likeness (QED) is 0.784. The third-order valence-corrected chi connectivity index (χ3v) is 5.16. The number of imidazole rings is 1. The number of hydrogen-bond donors (Lipinski definition) is 2. The second-order valence-electron chi connectivity index (χ2n) is 7.06. The van der Waals surface area contributed by atoms with Crippen LogP contribution in [-0.2, 0) is 9.53 Å². The van der Waals surface area contributed by atoms with Crippen LogP contribution in [0, 0.1) is 5.82 Å². The molecule has 2 aromatic rings. The highest BCUT2D eigenvalue weighted by atomic mass is 19.1. The Morgan fingerprint density at radius 1 is 1.31 bits per heavy atom. The molecular weight excluding hydrogens is 379 g/mol. The fourth-order valence-corrected chi connectivity index (χ4v) is 3.68. The summed E-state index contributed by atoms with van der Waals surface area (Å²) in [5, 5.41) is 2.67. The summed E-state index contributed by atoms with van der Waals surface area (Å²) in [6.07, 6.45) is 2.95. The second-order valence-corrected chi connectivity index (χ2v) is 7.06. The van der Waals surface area contributed by atoms with E-state index in [4.69, 9.17) is 4.74 Å². The van der Waals surface area contributed by atoms with Crippen LogP contribution in [0.5, 0.6) is 0 Å². The van der Waals surface area contributed by atoms with Crippen LogP contribution in [0.25, 0.3) is 0 Å². The van der Waals surface area contributed by atoms with Gasteiger partial charge >= 0.3 is 6.09 Å². The maximum atomic E-state index is 14.9. The molecule has 1 atom stereocenters. The van der Waals surface area contributed by atoms with Gasteiger partial charge in [-0.1, -0.05) is 0 Å². The number of amides is 2. The summed E-state index contributed by atoms with van der Waals surface area (Å²) in [5.41, 5.74) is 0.914. The van der Waals surface area contributed by atoms with Gasteiger partial charge in [-0.3, -0.25) is 9.69 Å². The topological polar surface area (TPSA) is 93.8 Å². The molecule has 2 aliphatic rings. The number of nitrogens with one attached hydrogen (secondary N) is 2. The zero-order valence-electron chi connectivity index (χ0n) is 16.1. The minimum absolute atomic E-state index is 0.150. The molecule has 0 spiro atoms. The summed E-state index contributed by atoms with van der Waals surface area (Å²) in [6.45, 7) is 4.58. The number of carbonyl (C=O) groups is 2. The number of halogens is 1. The van der Waals surface area contributed by atoms with Crippen LogP contribution in [0.15, 0.2) is 30.6 Å². The van der Waals surface area contributed by atoms with E-state index in [1.165, 1.54) is 17.9 Å². The van der Waals surface area contributed by atoms with E-state index in [-0.39, 0.29) is 25.1 Å². The molecule has 0 unspecified atom stereocenters. The van der Waals surface area contributed by atoms with Crippen molar-refractivity contribution in [1.82, 2.24) is 15.3 Å². The normalized spacial score (nSPS) is 19.4. The van der Waals surface area contributed by atoms with Crippen molar-refractivity contribution in [2.75, 3.05) is 54.0 Å². The lowest BCUT2D eigenvalue weighted by atomic mass is 10.2. The summed E-state index contributed by atoms with van der Waals surface area (Å²) in [6, 6.07) is 4.38. The van der Waals surface area contributed by atoms with Gasteiger partial charge < -0.3 is 24.8 Å². The Morgan fingerprint density at radius 3 is 2.72 bits per heavy atom. The molecule has 10 heteroatoms. The van der Waals surface area contributed by atoms with Gasteiger partial charge in [0.1, 0.15) is 12.4 Å². The summed E-state index contributed by atoms with van der Waals surface area (Å²) in [5.74, 6) is 0.227. The van der Waals surface area contributed by atoms with Gasteiger partial charge in [0.15, 0.2) is 0 Å². The summed E-state index contributed by atoms with van der Waals surface area (Å²) < 4.78 is 20.0. The number of anilines is 3. The van der Waals surface area contributed by atoms with Crippen molar-refractivity contribution in [3.05, 3.63) is 36.4 Å². The molecule has 9 nitrogen and oxygen atoms in total. The van der Waals surface area contributed by atoms with Gasteiger partial charge in [0.2, 0.25) is 11.9 Å². The fraction of sp³-hybridized carbons (Fsp3) is 0.421. The van der Waals surface area contributed by atoms with Crippen molar-refractivity contribution in [2.45, 2.75) is 13.0 Å². The Labute approximate surface area is 167 Å². The first kappa shape index (κ1) is 19.0. The van der Waals surface area contributed by atoms with E-state index in [0.717, 1.165) is 19.0 Å².